The van der Waals surface area contributed by atoms with E-state index in [0.717, 1.165) is 50.5 Å². The zero-order valence-corrected chi connectivity index (χ0v) is 25.0. The molecule has 1 aromatic carbocycles. The molecule has 13 heteroatoms. The molecular formula is C30H48N6O7. The van der Waals surface area contributed by atoms with Gasteiger partial charge in [0.15, 0.2) is 5.69 Å². The zero-order valence-electron chi connectivity index (χ0n) is 25.0. The molecule has 1 heterocycles. The van der Waals surface area contributed by atoms with Crippen molar-refractivity contribution in [3.8, 4) is 5.75 Å². The number of aliphatic hydroxyl groups is 5. The van der Waals surface area contributed by atoms with Crippen LogP contribution in [0.2, 0.25) is 0 Å². The zero-order chi connectivity index (χ0) is 31.6. The summed E-state index contributed by atoms with van der Waals surface area (Å²) in [7, 11) is 0. The lowest BCUT2D eigenvalue weighted by Crippen LogP contribution is -2.50. The molecule has 1 amide bonds. The number of aromatic nitrogens is 2. The Bertz CT molecular complexity index is 1100. The van der Waals surface area contributed by atoms with Crippen molar-refractivity contribution in [1.29, 1.82) is 0 Å². The molecule has 43 heavy (non-hydrogen) atoms. The van der Waals surface area contributed by atoms with Gasteiger partial charge in [0, 0.05) is 32.0 Å². The molecule has 4 atom stereocenters. The number of amidine groups is 1. The molecule has 0 saturated carbocycles. The van der Waals surface area contributed by atoms with E-state index < -0.39 is 36.9 Å². The van der Waals surface area contributed by atoms with Crippen molar-refractivity contribution in [2.45, 2.75) is 76.3 Å². The minimum Gasteiger partial charge on any atom is -0.492 e. The molecule has 0 unspecified atom stereocenters. The molecule has 0 radical (unpaired) electrons. The highest BCUT2D eigenvalue weighted by Gasteiger charge is 2.31. The number of rotatable bonds is 22. The molecule has 240 valence electrons. The summed E-state index contributed by atoms with van der Waals surface area (Å²) in [5.41, 5.74) is 12.6. The number of amides is 1. The van der Waals surface area contributed by atoms with E-state index in [-0.39, 0.29) is 23.8 Å². The van der Waals surface area contributed by atoms with Crippen molar-refractivity contribution < 1.29 is 35.1 Å². The molecule has 0 fully saturated rings. The topological polar surface area (TPSA) is 221 Å². The first-order valence-corrected chi connectivity index (χ1v) is 14.9. The van der Waals surface area contributed by atoms with Crippen molar-refractivity contribution >= 4 is 11.7 Å². The van der Waals surface area contributed by atoms with Crippen LogP contribution in [0.4, 0.5) is 0 Å². The van der Waals surface area contributed by atoms with Crippen LogP contribution in [-0.2, 0) is 6.42 Å². The van der Waals surface area contributed by atoms with Crippen molar-refractivity contribution in [2.75, 3.05) is 39.4 Å². The second kappa shape index (κ2) is 19.9. The number of hydrogen-bond donors (Lipinski definition) is 7. The Labute approximate surface area is 253 Å². The molecule has 9 N–H and O–H groups in total. The van der Waals surface area contributed by atoms with Crippen LogP contribution in [0.25, 0.3) is 0 Å². The number of nitrogens with two attached hydrogens (primary N) is 2. The lowest BCUT2D eigenvalue weighted by Gasteiger charge is -2.30. The molecule has 0 aliphatic rings. The molecule has 0 saturated heterocycles. The Hall–Kier alpha value is -3.20. The number of benzene rings is 1. The molecule has 0 spiro atoms. The van der Waals surface area contributed by atoms with E-state index in [1.54, 1.807) is 0 Å². The smallest absolute Gasteiger partial charge is 0.269 e. The van der Waals surface area contributed by atoms with Crippen LogP contribution >= 0.6 is 0 Å². The molecule has 0 aliphatic carbocycles. The first-order valence-electron chi connectivity index (χ1n) is 14.9. The largest absolute Gasteiger partial charge is 0.492 e. The summed E-state index contributed by atoms with van der Waals surface area (Å²) >= 11 is 0. The van der Waals surface area contributed by atoms with E-state index in [1.165, 1.54) is 12.4 Å². The second-order valence-corrected chi connectivity index (χ2v) is 10.5. The summed E-state index contributed by atoms with van der Waals surface area (Å²) in [4.78, 5) is 25.7. The van der Waals surface area contributed by atoms with Crippen molar-refractivity contribution in [3.63, 3.8) is 0 Å². The van der Waals surface area contributed by atoms with Crippen LogP contribution in [0.3, 0.4) is 0 Å². The monoisotopic (exact) mass is 604 g/mol. The van der Waals surface area contributed by atoms with Gasteiger partial charge in [-0.25, -0.2) is 9.97 Å². The maximum absolute atomic E-state index is 11.5. The van der Waals surface area contributed by atoms with E-state index in [0.29, 0.717) is 32.0 Å². The van der Waals surface area contributed by atoms with Crippen LogP contribution in [0, 0.1) is 0 Å². The molecule has 2 rings (SSSR count). The average molecular weight is 605 g/mol. The molecule has 0 aliphatic heterocycles. The number of hydrogen-bond acceptors (Lipinski definition) is 11. The van der Waals surface area contributed by atoms with Crippen molar-refractivity contribution in [2.24, 2.45) is 16.5 Å². The normalized spacial score (nSPS) is 14.8. The number of primary amides is 1. The van der Waals surface area contributed by atoms with E-state index in [2.05, 4.69) is 21.9 Å². The van der Waals surface area contributed by atoms with Crippen LogP contribution in [-0.4, -0.2) is 116 Å². The van der Waals surface area contributed by atoms with Gasteiger partial charge in [-0.05, 0) is 49.9 Å². The van der Waals surface area contributed by atoms with E-state index in [9.17, 15) is 25.2 Å². The van der Waals surface area contributed by atoms with Crippen LogP contribution in [0.1, 0.15) is 67.2 Å². The van der Waals surface area contributed by atoms with E-state index in [4.69, 9.17) is 21.3 Å². The van der Waals surface area contributed by atoms with Gasteiger partial charge in [-0.2, -0.15) is 0 Å². The Morgan fingerprint density at radius 1 is 0.907 bits per heavy atom. The molecule has 2 aromatic rings. The van der Waals surface area contributed by atoms with E-state index >= 15 is 0 Å². The first kappa shape index (κ1) is 36.0. The second-order valence-electron chi connectivity index (χ2n) is 10.5. The van der Waals surface area contributed by atoms with Crippen molar-refractivity contribution in [3.05, 3.63) is 53.6 Å². The minimum atomic E-state index is -1.65. The number of aliphatic imine (C=N–C) groups is 1. The van der Waals surface area contributed by atoms with Crippen LogP contribution in [0.5, 0.6) is 5.75 Å². The number of nitrogens with zero attached hydrogens (tertiary/aromatic N) is 4. The van der Waals surface area contributed by atoms with Gasteiger partial charge in [0.2, 0.25) is 0 Å². The fraction of sp³-hybridized carbons (Fsp3) is 0.600. The predicted molar refractivity (Wildman–Crippen MR) is 163 cm³/mol. The third-order valence-corrected chi connectivity index (χ3v) is 7.03. The number of ether oxygens (including phenoxy) is 1. The maximum Gasteiger partial charge on any atom is 0.269 e. The van der Waals surface area contributed by atoms with E-state index in [1.807, 2.05) is 29.2 Å². The quantitative estimate of drug-likeness (QED) is 0.0538. The highest BCUT2D eigenvalue weighted by molar-refractivity contribution is 6.05. The predicted octanol–water partition coefficient (Wildman–Crippen LogP) is 0.000700. The summed E-state index contributed by atoms with van der Waals surface area (Å²) in [6.45, 7) is 3.52. The lowest BCUT2D eigenvalue weighted by atomic mass is 10.0. The fourth-order valence-electron chi connectivity index (χ4n) is 4.46. The molecule has 13 nitrogen and oxygen atoms in total. The number of carbonyl (C=O) groups is 1. The summed E-state index contributed by atoms with van der Waals surface area (Å²) in [6, 6.07) is 7.81. The van der Waals surface area contributed by atoms with Gasteiger partial charge in [-0.15, -0.1) is 0 Å². The van der Waals surface area contributed by atoms with Gasteiger partial charge in [0.25, 0.3) is 5.91 Å². The fourth-order valence-corrected chi connectivity index (χ4v) is 4.46. The summed E-state index contributed by atoms with van der Waals surface area (Å²) < 4.78 is 5.92. The first-order chi connectivity index (χ1) is 20.7. The van der Waals surface area contributed by atoms with Gasteiger partial charge in [0.05, 0.1) is 12.7 Å². The Kier molecular flexibility index (Phi) is 16.6. The number of carbonyl (C=O) groups excluding carboxylic acids is 1. The Morgan fingerprint density at radius 3 is 2.23 bits per heavy atom. The number of aryl methyl sites for hydroxylation is 1. The molecule has 0 bridgehead atoms. The molecular weight excluding hydrogens is 556 g/mol. The number of unbranched alkanes of at least 4 members (excludes halogenated alkanes) is 4. The molecule has 1 aromatic heterocycles. The highest BCUT2D eigenvalue weighted by atomic mass is 16.5. The van der Waals surface area contributed by atoms with Gasteiger partial charge < -0.3 is 41.7 Å². The third-order valence-electron chi connectivity index (χ3n) is 7.03. The summed E-state index contributed by atoms with van der Waals surface area (Å²) in [6.07, 6.45) is 3.39. The number of aliphatic hydroxyl groups excluding tert-OH is 5. The van der Waals surface area contributed by atoms with Gasteiger partial charge in [-0.1, -0.05) is 38.3 Å². The van der Waals surface area contributed by atoms with Gasteiger partial charge in [-0.3, -0.25) is 14.7 Å². The van der Waals surface area contributed by atoms with Crippen molar-refractivity contribution in [1.82, 2.24) is 14.9 Å². The lowest BCUT2D eigenvalue weighted by molar-refractivity contribution is -0.119. The minimum absolute atomic E-state index is 0.00282. The standard InChI is InChI=1S/C30H48N6O7/c1-2-3-4-7-16-36(19-23(38)27(40)28(41)24(39)20-37)17-18-43-22-11-9-21(10-12-22)8-5-6-13-35-29(31)25-26(30(32)42)34-15-14-33-25/h9-12,14-15,23-24,27-28,37-41H,2-8,13,16-20H2,1H3,(H2,31,35)(H2,32,42)/t23-,24-,27+,28+/m1/s1. The van der Waals surface area contributed by atoms with Crippen LogP contribution in [0.15, 0.2) is 41.7 Å². The van der Waals surface area contributed by atoms with Gasteiger partial charge in [0.1, 0.15) is 42.2 Å². The van der Waals surface area contributed by atoms with Gasteiger partial charge >= 0.3 is 0 Å². The summed E-state index contributed by atoms with van der Waals surface area (Å²) in [5.74, 6) is 0.134. The summed E-state index contributed by atoms with van der Waals surface area (Å²) in [5, 5.41) is 49.2. The maximum atomic E-state index is 11.5. The average Bonchev–Trinajstić information content (AvgIpc) is 3.02. The SMILES string of the molecule is CCCCCCN(CCOc1ccc(CCCCN=C(N)c2nccnc2C(N)=O)cc1)C[C@@H](O)[C@H](O)[C@@H](O)[C@H](O)CO. The third kappa shape index (κ3) is 12.9. The Balaban J connectivity index is 1.79. The van der Waals surface area contributed by atoms with Crippen LogP contribution < -0.4 is 16.2 Å². The Morgan fingerprint density at radius 2 is 1.58 bits per heavy atom. The highest BCUT2D eigenvalue weighted by Crippen LogP contribution is 2.15.